The van der Waals surface area contributed by atoms with Crippen molar-refractivity contribution in [3.05, 3.63) is 18.3 Å². The van der Waals surface area contributed by atoms with Gasteiger partial charge in [0, 0.05) is 38.5 Å². The van der Waals surface area contributed by atoms with Crippen molar-refractivity contribution in [2.75, 3.05) is 54.9 Å². The van der Waals surface area contributed by atoms with Gasteiger partial charge >= 0.3 is 0 Å². The van der Waals surface area contributed by atoms with E-state index in [9.17, 15) is 0 Å². The van der Waals surface area contributed by atoms with Crippen molar-refractivity contribution in [2.45, 2.75) is 6.92 Å². The summed E-state index contributed by atoms with van der Waals surface area (Å²) in [4.78, 5) is 9.08. The zero-order valence-electron chi connectivity index (χ0n) is 11.0. The topological polar surface area (TPSA) is 45.4 Å². The summed E-state index contributed by atoms with van der Waals surface area (Å²) in [6.07, 6.45) is 1.87. The van der Waals surface area contributed by atoms with Gasteiger partial charge in [0.15, 0.2) is 0 Å². The smallest absolute Gasteiger partial charge is 0.123 e. The van der Waals surface area contributed by atoms with Crippen LogP contribution in [0, 0.1) is 0 Å². The fourth-order valence-corrected chi connectivity index (χ4v) is 2.83. The summed E-state index contributed by atoms with van der Waals surface area (Å²) in [5, 5.41) is 0. The molecule has 0 aromatic carbocycles. The second kappa shape index (κ2) is 6.85. The highest BCUT2D eigenvalue weighted by molar-refractivity contribution is 7.99. The SMILES string of the molecule is CCSCCN1CCN(c2ccc(N)nc2)CC1. The first kappa shape index (κ1) is 13.5. The fourth-order valence-electron chi connectivity index (χ4n) is 2.15. The van der Waals surface area contributed by atoms with Gasteiger partial charge in [0.25, 0.3) is 0 Å². The predicted molar refractivity (Wildman–Crippen MR) is 80.3 cm³/mol. The molecule has 1 aromatic heterocycles. The minimum absolute atomic E-state index is 0.592. The van der Waals surface area contributed by atoms with E-state index in [4.69, 9.17) is 5.73 Å². The molecule has 1 saturated heterocycles. The molecule has 100 valence electrons. The first-order valence-corrected chi connectivity index (χ1v) is 7.71. The largest absolute Gasteiger partial charge is 0.384 e. The second-order valence-corrected chi connectivity index (χ2v) is 5.86. The summed E-state index contributed by atoms with van der Waals surface area (Å²) in [6, 6.07) is 3.94. The monoisotopic (exact) mass is 266 g/mol. The van der Waals surface area contributed by atoms with Crippen LogP contribution in [0.2, 0.25) is 0 Å². The average molecular weight is 266 g/mol. The van der Waals surface area contributed by atoms with Gasteiger partial charge in [0.2, 0.25) is 0 Å². The van der Waals surface area contributed by atoms with Crippen LogP contribution in [0.5, 0.6) is 0 Å². The number of piperazine rings is 1. The van der Waals surface area contributed by atoms with Crippen LogP contribution in [0.15, 0.2) is 18.3 Å². The number of nitrogen functional groups attached to an aromatic ring is 1. The normalized spacial score (nSPS) is 17.1. The molecule has 1 aromatic rings. The summed E-state index contributed by atoms with van der Waals surface area (Å²) in [5.41, 5.74) is 6.79. The zero-order chi connectivity index (χ0) is 12.8. The molecule has 4 nitrogen and oxygen atoms in total. The Hall–Kier alpha value is -0.940. The van der Waals surface area contributed by atoms with Crippen LogP contribution >= 0.6 is 11.8 Å². The van der Waals surface area contributed by atoms with E-state index in [1.165, 1.54) is 23.7 Å². The number of nitrogens with zero attached hydrogens (tertiary/aromatic N) is 3. The van der Waals surface area contributed by atoms with Crippen molar-refractivity contribution in [3.8, 4) is 0 Å². The summed E-state index contributed by atoms with van der Waals surface area (Å²) in [7, 11) is 0. The Morgan fingerprint density at radius 2 is 2.06 bits per heavy atom. The first-order chi connectivity index (χ1) is 8.79. The van der Waals surface area contributed by atoms with Crippen LogP contribution in [0.25, 0.3) is 0 Å². The third-order valence-electron chi connectivity index (χ3n) is 3.26. The van der Waals surface area contributed by atoms with Gasteiger partial charge in [-0.2, -0.15) is 11.8 Å². The molecule has 0 bridgehead atoms. The summed E-state index contributed by atoms with van der Waals surface area (Å²) >= 11 is 2.02. The number of thioether (sulfide) groups is 1. The van der Waals surface area contributed by atoms with Crippen LogP contribution in [-0.2, 0) is 0 Å². The molecule has 2 heterocycles. The maximum atomic E-state index is 5.61. The van der Waals surface area contributed by atoms with E-state index in [1.54, 1.807) is 0 Å². The zero-order valence-corrected chi connectivity index (χ0v) is 11.8. The molecule has 0 radical (unpaired) electrons. The number of anilines is 2. The summed E-state index contributed by atoms with van der Waals surface area (Å²) < 4.78 is 0. The molecule has 0 unspecified atom stereocenters. The van der Waals surface area contributed by atoms with Gasteiger partial charge in [-0.3, -0.25) is 4.90 Å². The molecule has 0 aliphatic carbocycles. The Balaban J connectivity index is 1.77. The number of pyridine rings is 1. The van der Waals surface area contributed by atoms with E-state index in [2.05, 4.69) is 27.8 Å². The standard InChI is InChI=1S/C13H22N4S/c1-2-18-10-9-16-5-7-17(8-6-16)12-3-4-13(14)15-11-12/h3-4,11H,2,5-10H2,1H3,(H2,14,15). The lowest BCUT2D eigenvalue weighted by Gasteiger charge is -2.35. The van der Waals surface area contributed by atoms with Crippen LogP contribution in [0.3, 0.4) is 0 Å². The summed E-state index contributed by atoms with van der Waals surface area (Å²) in [6.45, 7) is 7.90. The van der Waals surface area contributed by atoms with Gasteiger partial charge in [-0.15, -0.1) is 0 Å². The molecule has 1 aliphatic rings. The van der Waals surface area contributed by atoms with Gasteiger partial charge in [-0.05, 0) is 17.9 Å². The third-order valence-corrected chi connectivity index (χ3v) is 4.14. The molecule has 18 heavy (non-hydrogen) atoms. The molecule has 2 N–H and O–H groups in total. The second-order valence-electron chi connectivity index (χ2n) is 4.47. The van der Waals surface area contributed by atoms with Gasteiger partial charge in [0.05, 0.1) is 11.9 Å². The molecule has 1 fully saturated rings. The van der Waals surface area contributed by atoms with Gasteiger partial charge in [-0.1, -0.05) is 6.92 Å². The number of aromatic nitrogens is 1. The average Bonchev–Trinajstić information content (AvgIpc) is 2.41. The maximum absolute atomic E-state index is 5.61. The lowest BCUT2D eigenvalue weighted by Crippen LogP contribution is -2.47. The Morgan fingerprint density at radius 3 is 2.67 bits per heavy atom. The summed E-state index contributed by atoms with van der Waals surface area (Å²) in [5.74, 6) is 3.06. The lowest BCUT2D eigenvalue weighted by molar-refractivity contribution is 0.273. The highest BCUT2D eigenvalue weighted by atomic mass is 32.2. The van der Waals surface area contributed by atoms with Crippen molar-refractivity contribution in [3.63, 3.8) is 0 Å². The van der Waals surface area contributed by atoms with Crippen molar-refractivity contribution in [1.82, 2.24) is 9.88 Å². The van der Waals surface area contributed by atoms with Gasteiger partial charge in [-0.25, -0.2) is 4.98 Å². The van der Waals surface area contributed by atoms with E-state index in [0.717, 1.165) is 26.2 Å². The molecule has 0 saturated carbocycles. The predicted octanol–water partition coefficient (Wildman–Crippen LogP) is 1.54. The van der Waals surface area contributed by atoms with Crippen molar-refractivity contribution < 1.29 is 0 Å². The first-order valence-electron chi connectivity index (χ1n) is 6.56. The quantitative estimate of drug-likeness (QED) is 0.819. The van der Waals surface area contributed by atoms with Crippen molar-refractivity contribution in [1.29, 1.82) is 0 Å². The van der Waals surface area contributed by atoms with Crippen molar-refractivity contribution >= 4 is 23.3 Å². The lowest BCUT2D eigenvalue weighted by atomic mass is 10.2. The van der Waals surface area contributed by atoms with E-state index in [1.807, 2.05) is 24.0 Å². The third kappa shape index (κ3) is 3.78. The fraction of sp³-hybridized carbons (Fsp3) is 0.615. The van der Waals surface area contributed by atoms with E-state index in [-0.39, 0.29) is 0 Å². The van der Waals surface area contributed by atoms with Crippen LogP contribution in [-0.4, -0.2) is 54.1 Å². The molecular weight excluding hydrogens is 244 g/mol. The highest BCUT2D eigenvalue weighted by Crippen LogP contribution is 2.16. The number of nitrogens with two attached hydrogens (primary N) is 1. The van der Waals surface area contributed by atoms with Crippen LogP contribution in [0.4, 0.5) is 11.5 Å². The molecular formula is C13H22N4S. The van der Waals surface area contributed by atoms with Crippen molar-refractivity contribution in [2.24, 2.45) is 0 Å². The number of rotatable bonds is 5. The van der Waals surface area contributed by atoms with E-state index < -0.39 is 0 Å². The van der Waals surface area contributed by atoms with Crippen LogP contribution < -0.4 is 10.6 Å². The number of hydrogen-bond acceptors (Lipinski definition) is 5. The van der Waals surface area contributed by atoms with E-state index in [0.29, 0.717) is 5.82 Å². The van der Waals surface area contributed by atoms with Gasteiger partial charge in [0.1, 0.15) is 5.82 Å². The molecule has 0 spiro atoms. The molecule has 1 aliphatic heterocycles. The van der Waals surface area contributed by atoms with E-state index >= 15 is 0 Å². The Bertz CT molecular complexity index is 347. The maximum Gasteiger partial charge on any atom is 0.123 e. The number of hydrogen-bond donors (Lipinski definition) is 1. The Labute approximate surface area is 114 Å². The molecule has 0 atom stereocenters. The minimum Gasteiger partial charge on any atom is -0.384 e. The Kier molecular flexibility index (Phi) is 5.13. The minimum atomic E-state index is 0.592. The van der Waals surface area contributed by atoms with Gasteiger partial charge < -0.3 is 10.6 Å². The molecule has 2 rings (SSSR count). The Morgan fingerprint density at radius 1 is 1.28 bits per heavy atom. The highest BCUT2D eigenvalue weighted by Gasteiger charge is 2.16. The molecule has 5 heteroatoms. The molecule has 0 amide bonds. The van der Waals surface area contributed by atoms with Crippen LogP contribution in [0.1, 0.15) is 6.92 Å².